The summed E-state index contributed by atoms with van der Waals surface area (Å²) in [5.41, 5.74) is 2.95. The molecule has 3 rings (SSSR count). The third kappa shape index (κ3) is 4.78. The van der Waals surface area contributed by atoms with Gasteiger partial charge in [0.1, 0.15) is 0 Å². The van der Waals surface area contributed by atoms with Crippen molar-refractivity contribution in [1.29, 1.82) is 0 Å². The van der Waals surface area contributed by atoms with E-state index in [1.807, 2.05) is 0 Å². The summed E-state index contributed by atoms with van der Waals surface area (Å²) in [5.74, 6) is 0.637. The van der Waals surface area contributed by atoms with E-state index in [0.29, 0.717) is 12.0 Å². The van der Waals surface area contributed by atoms with E-state index in [-0.39, 0.29) is 5.41 Å². The molecular formula is C24H37ClN2. The van der Waals surface area contributed by atoms with Crippen LogP contribution in [0.1, 0.15) is 70.9 Å². The Labute approximate surface area is 171 Å². The molecule has 0 bridgehead atoms. The van der Waals surface area contributed by atoms with Crippen LogP contribution < -0.4 is 5.32 Å². The molecule has 2 saturated heterocycles. The Hall–Kier alpha value is -0.830. The van der Waals surface area contributed by atoms with Crippen LogP contribution in [0.4, 0.5) is 0 Å². The molecule has 2 heterocycles. The van der Waals surface area contributed by atoms with Gasteiger partial charge in [0.15, 0.2) is 0 Å². The lowest BCUT2D eigenvalue weighted by atomic mass is 9.66. The van der Waals surface area contributed by atoms with Crippen molar-refractivity contribution >= 4 is 11.6 Å². The minimum atomic E-state index is 0.0818. The zero-order chi connectivity index (χ0) is 19.3. The second-order valence-electron chi connectivity index (χ2n) is 8.85. The maximum Gasteiger partial charge on any atom is 0.0580 e. The first-order chi connectivity index (χ1) is 13.1. The van der Waals surface area contributed by atoms with Crippen LogP contribution in [0.3, 0.4) is 0 Å². The summed E-state index contributed by atoms with van der Waals surface area (Å²) in [6.07, 6.45) is 7.42. The van der Waals surface area contributed by atoms with E-state index in [2.05, 4.69) is 61.3 Å². The molecule has 1 aromatic carbocycles. The van der Waals surface area contributed by atoms with Gasteiger partial charge < -0.3 is 5.32 Å². The average molecular weight is 389 g/mol. The van der Waals surface area contributed by atoms with Crippen LogP contribution in [0.5, 0.6) is 0 Å². The zero-order valence-corrected chi connectivity index (χ0v) is 18.2. The summed E-state index contributed by atoms with van der Waals surface area (Å²) >= 11 is 7.03. The van der Waals surface area contributed by atoms with Gasteiger partial charge in [-0.25, -0.2) is 0 Å². The fourth-order valence-electron chi connectivity index (χ4n) is 5.10. The first-order valence-electron chi connectivity index (χ1n) is 10.9. The van der Waals surface area contributed by atoms with Gasteiger partial charge in [-0.2, -0.15) is 0 Å². The molecule has 3 heteroatoms. The molecule has 1 aromatic rings. The van der Waals surface area contributed by atoms with Gasteiger partial charge in [-0.3, -0.25) is 4.90 Å². The van der Waals surface area contributed by atoms with Gasteiger partial charge in [0.2, 0.25) is 0 Å². The van der Waals surface area contributed by atoms with E-state index in [4.69, 9.17) is 11.6 Å². The molecule has 2 fully saturated rings. The van der Waals surface area contributed by atoms with Crippen molar-refractivity contribution in [3.05, 3.63) is 46.5 Å². The van der Waals surface area contributed by atoms with Gasteiger partial charge in [0.25, 0.3) is 0 Å². The number of halogens is 1. The van der Waals surface area contributed by atoms with Crippen molar-refractivity contribution in [3.8, 4) is 0 Å². The number of likely N-dealkylation sites (tertiary alicyclic amines) is 1. The van der Waals surface area contributed by atoms with Crippen molar-refractivity contribution in [3.63, 3.8) is 0 Å². The van der Waals surface area contributed by atoms with Crippen LogP contribution in [-0.4, -0.2) is 31.1 Å². The SMILES string of the molecule is CC/C(Cl)=C(/C(c1ccccc1)N1CCCCC1)C(C)(C)C1CCCNC1. The number of allylic oxidation sites excluding steroid dienone is 1. The Morgan fingerprint density at radius 1 is 1.15 bits per heavy atom. The molecule has 150 valence electrons. The van der Waals surface area contributed by atoms with Crippen LogP contribution in [0.25, 0.3) is 0 Å². The van der Waals surface area contributed by atoms with Crippen molar-refractivity contribution in [2.24, 2.45) is 11.3 Å². The molecular weight excluding hydrogens is 352 g/mol. The lowest BCUT2D eigenvalue weighted by Gasteiger charge is -2.46. The fourth-order valence-corrected chi connectivity index (χ4v) is 5.45. The smallest absolute Gasteiger partial charge is 0.0580 e. The Morgan fingerprint density at radius 2 is 1.85 bits per heavy atom. The molecule has 0 aromatic heterocycles. The number of rotatable bonds is 6. The Bertz CT molecular complexity index is 611. The first kappa shape index (κ1) is 20.9. The highest BCUT2D eigenvalue weighted by Gasteiger charge is 2.41. The normalized spacial score (nSPS) is 24.4. The van der Waals surface area contributed by atoms with Gasteiger partial charge in [-0.1, -0.05) is 69.1 Å². The van der Waals surface area contributed by atoms with Gasteiger partial charge >= 0.3 is 0 Å². The Balaban J connectivity index is 2.05. The second-order valence-corrected chi connectivity index (χ2v) is 9.30. The number of nitrogens with zero attached hydrogens (tertiary/aromatic N) is 1. The summed E-state index contributed by atoms with van der Waals surface area (Å²) in [6, 6.07) is 11.4. The fraction of sp³-hybridized carbons (Fsp3) is 0.667. The van der Waals surface area contributed by atoms with Crippen LogP contribution in [0.15, 0.2) is 40.9 Å². The number of hydrogen-bond donors (Lipinski definition) is 1. The number of hydrogen-bond acceptors (Lipinski definition) is 2. The molecule has 2 atom stereocenters. The van der Waals surface area contributed by atoms with Crippen molar-refractivity contribution in [2.75, 3.05) is 26.2 Å². The standard InChI is InChI=1S/C24H37ClN2/c1-4-21(25)22(24(2,3)20-14-11-15-26-18-20)23(19-12-7-5-8-13-19)27-16-9-6-10-17-27/h5,7-8,12-13,20,23,26H,4,6,9-11,14-18H2,1-3H3/b22-21+. The average Bonchev–Trinajstić information content (AvgIpc) is 2.73. The van der Waals surface area contributed by atoms with E-state index in [1.165, 1.54) is 56.3 Å². The van der Waals surface area contributed by atoms with Crippen molar-refractivity contribution < 1.29 is 0 Å². The molecule has 1 N–H and O–H groups in total. The quantitative estimate of drug-likeness (QED) is 0.629. The Kier molecular flexibility index (Phi) is 7.42. The minimum absolute atomic E-state index is 0.0818. The van der Waals surface area contributed by atoms with Crippen LogP contribution in [0, 0.1) is 11.3 Å². The molecule has 0 aliphatic carbocycles. The molecule has 0 amide bonds. The second kappa shape index (κ2) is 9.58. The predicted octanol–water partition coefficient (Wildman–Crippen LogP) is 6.14. The monoisotopic (exact) mass is 388 g/mol. The first-order valence-corrected chi connectivity index (χ1v) is 11.3. The van der Waals surface area contributed by atoms with E-state index in [1.54, 1.807) is 0 Å². The summed E-state index contributed by atoms with van der Waals surface area (Å²) in [7, 11) is 0. The summed E-state index contributed by atoms with van der Waals surface area (Å²) in [6.45, 7) is 11.7. The Morgan fingerprint density at radius 3 is 2.44 bits per heavy atom. The number of benzene rings is 1. The third-order valence-electron chi connectivity index (χ3n) is 6.76. The highest BCUT2D eigenvalue weighted by molar-refractivity contribution is 6.30. The van der Waals surface area contributed by atoms with E-state index < -0.39 is 0 Å². The molecule has 27 heavy (non-hydrogen) atoms. The van der Waals surface area contributed by atoms with Gasteiger partial charge in [-0.05, 0) is 80.8 Å². The maximum absolute atomic E-state index is 7.03. The molecule has 2 nitrogen and oxygen atoms in total. The van der Waals surface area contributed by atoms with Crippen molar-refractivity contribution in [2.45, 2.75) is 65.3 Å². The van der Waals surface area contributed by atoms with Gasteiger partial charge in [0.05, 0.1) is 6.04 Å². The van der Waals surface area contributed by atoms with E-state index in [9.17, 15) is 0 Å². The molecule has 0 saturated carbocycles. The lowest BCUT2D eigenvalue weighted by Crippen LogP contribution is -2.44. The topological polar surface area (TPSA) is 15.3 Å². The molecule has 2 unspecified atom stereocenters. The number of piperidine rings is 2. The number of nitrogens with one attached hydrogen (secondary N) is 1. The van der Waals surface area contributed by atoms with Crippen LogP contribution >= 0.6 is 11.6 Å². The van der Waals surface area contributed by atoms with E-state index >= 15 is 0 Å². The zero-order valence-electron chi connectivity index (χ0n) is 17.4. The molecule has 2 aliphatic rings. The molecule has 2 aliphatic heterocycles. The highest BCUT2D eigenvalue weighted by Crippen LogP contribution is 2.49. The highest BCUT2D eigenvalue weighted by atomic mass is 35.5. The largest absolute Gasteiger partial charge is 0.316 e. The molecule has 0 radical (unpaired) electrons. The van der Waals surface area contributed by atoms with Crippen LogP contribution in [-0.2, 0) is 0 Å². The maximum atomic E-state index is 7.03. The van der Waals surface area contributed by atoms with Gasteiger partial charge in [-0.15, -0.1) is 0 Å². The van der Waals surface area contributed by atoms with Crippen molar-refractivity contribution in [1.82, 2.24) is 10.2 Å². The van der Waals surface area contributed by atoms with Gasteiger partial charge in [0, 0.05) is 5.03 Å². The van der Waals surface area contributed by atoms with Crippen LogP contribution in [0.2, 0.25) is 0 Å². The third-order valence-corrected chi connectivity index (χ3v) is 7.23. The molecule has 0 spiro atoms. The summed E-state index contributed by atoms with van der Waals surface area (Å²) in [4.78, 5) is 2.70. The minimum Gasteiger partial charge on any atom is -0.316 e. The lowest BCUT2D eigenvalue weighted by molar-refractivity contribution is 0.136. The predicted molar refractivity (Wildman–Crippen MR) is 117 cm³/mol. The van der Waals surface area contributed by atoms with E-state index in [0.717, 1.165) is 24.5 Å². The summed E-state index contributed by atoms with van der Waals surface area (Å²) in [5, 5.41) is 4.71. The summed E-state index contributed by atoms with van der Waals surface area (Å²) < 4.78 is 0.